The lowest BCUT2D eigenvalue weighted by Crippen LogP contribution is -2.69. The fourth-order valence-electron chi connectivity index (χ4n) is 4.33. The van der Waals surface area contributed by atoms with E-state index in [4.69, 9.17) is 16.0 Å². The van der Waals surface area contributed by atoms with E-state index in [-0.39, 0.29) is 31.2 Å². The first-order chi connectivity index (χ1) is 15.0. The number of benzene rings is 2. The number of hydrogen-bond donors (Lipinski definition) is 1. The van der Waals surface area contributed by atoms with Crippen LogP contribution in [0.1, 0.15) is 29.0 Å². The molecule has 1 atom stereocenters. The van der Waals surface area contributed by atoms with Gasteiger partial charge < -0.3 is 9.73 Å². The minimum absolute atomic E-state index is 0.0536. The van der Waals surface area contributed by atoms with Gasteiger partial charge in [0.2, 0.25) is 11.6 Å². The average molecular weight is 436 g/mol. The number of rotatable bonds is 4. The predicted molar refractivity (Wildman–Crippen MR) is 115 cm³/mol. The molecule has 2 aliphatic rings. The summed E-state index contributed by atoms with van der Waals surface area (Å²) in [7, 11) is 0. The number of nitrogens with one attached hydrogen (secondary N) is 1. The number of hydrogen-bond acceptors (Lipinski definition) is 4. The van der Waals surface area contributed by atoms with Gasteiger partial charge in [-0.1, -0.05) is 23.7 Å². The molecule has 156 valence electrons. The summed E-state index contributed by atoms with van der Waals surface area (Å²) in [6.07, 6.45) is 1.83. The average Bonchev–Trinajstić information content (AvgIpc) is 3.41. The highest BCUT2D eigenvalue weighted by Gasteiger charge is 2.61. The lowest BCUT2D eigenvalue weighted by atomic mass is 9.95. The van der Waals surface area contributed by atoms with E-state index in [1.54, 1.807) is 60.7 Å². The smallest absolute Gasteiger partial charge is 0.271 e. The fraction of sp³-hybridized carbons (Fsp3) is 0.174. The summed E-state index contributed by atoms with van der Waals surface area (Å²) in [5, 5.41) is 3.40. The monoisotopic (exact) mass is 435 g/mol. The first-order valence-corrected chi connectivity index (χ1v) is 10.2. The molecule has 3 aromatic rings. The Hall–Kier alpha value is -3.58. The Kier molecular flexibility index (Phi) is 4.55. The van der Waals surface area contributed by atoms with E-state index < -0.39 is 11.6 Å². The first kappa shape index (κ1) is 19.4. The summed E-state index contributed by atoms with van der Waals surface area (Å²) in [5.41, 5.74) is -0.168. The van der Waals surface area contributed by atoms with Crippen molar-refractivity contribution < 1.29 is 18.8 Å². The normalized spacial score (nSPS) is 19.9. The zero-order valence-corrected chi connectivity index (χ0v) is 17.1. The lowest BCUT2D eigenvalue weighted by Gasteiger charge is -2.48. The molecule has 1 fully saturated rings. The molecule has 0 radical (unpaired) electrons. The van der Waals surface area contributed by atoms with E-state index in [9.17, 15) is 14.4 Å². The minimum atomic E-state index is -1.51. The van der Waals surface area contributed by atoms with Gasteiger partial charge in [0.15, 0.2) is 0 Å². The van der Waals surface area contributed by atoms with E-state index >= 15 is 0 Å². The molecular formula is C23H18ClN3O4. The summed E-state index contributed by atoms with van der Waals surface area (Å²) in [4.78, 5) is 43.2. The topological polar surface area (TPSA) is 82.9 Å². The number of halogens is 1. The maximum atomic E-state index is 13.7. The summed E-state index contributed by atoms with van der Waals surface area (Å²) in [6.45, 7) is 0.0536. The number of anilines is 2. The van der Waals surface area contributed by atoms with Gasteiger partial charge in [0.05, 0.1) is 24.1 Å². The molecule has 1 unspecified atom stereocenters. The second kappa shape index (κ2) is 7.28. The Morgan fingerprint density at radius 1 is 1.06 bits per heavy atom. The van der Waals surface area contributed by atoms with E-state index in [0.717, 1.165) is 0 Å². The van der Waals surface area contributed by atoms with Gasteiger partial charge in [-0.15, -0.1) is 0 Å². The summed E-state index contributed by atoms with van der Waals surface area (Å²) < 4.78 is 5.46. The molecule has 8 heteroatoms. The van der Waals surface area contributed by atoms with Crippen LogP contribution in [0.2, 0.25) is 5.02 Å². The van der Waals surface area contributed by atoms with Crippen molar-refractivity contribution in [3.05, 3.63) is 83.3 Å². The number of fused-ring (bicyclic) bond motifs is 3. The van der Waals surface area contributed by atoms with E-state index in [2.05, 4.69) is 5.32 Å². The Bertz CT molecular complexity index is 1180. The van der Waals surface area contributed by atoms with Gasteiger partial charge in [-0.2, -0.15) is 0 Å². The van der Waals surface area contributed by atoms with Crippen LogP contribution in [-0.2, 0) is 16.1 Å². The zero-order valence-electron chi connectivity index (χ0n) is 16.4. The van der Waals surface area contributed by atoms with Crippen molar-refractivity contribution in [1.82, 2.24) is 4.90 Å². The Morgan fingerprint density at radius 2 is 1.84 bits per heavy atom. The highest BCUT2D eigenvalue weighted by atomic mass is 35.5. The van der Waals surface area contributed by atoms with Crippen LogP contribution < -0.4 is 10.2 Å². The number of para-hydroxylation sites is 1. The Morgan fingerprint density at radius 3 is 2.58 bits per heavy atom. The highest BCUT2D eigenvalue weighted by molar-refractivity contribution is 6.30. The largest absolute Gasteiger partial charge is 0.467 e. The van der Waals surface area contributed by atoms with Crippen molar-refractivity contribution in [3.63, 3.8) is 0 Å². The molecule has 2 aliphatic heterocycles. The molecule has 2 aromatic carbocycles. The molecule has 1 N–H and O–H groups in total. The van der Waals surface area contributed by atoms with Gasteiger partial charge in [-0.05, 0) is 48.5 Å². The summed E-state index contributed by atoms with van der Waals surface area (Å²) >= 11 is 5.95. The van der Waals surface area contributed by atoms with Gasteiger partial charge in [-0.25, -0.2) is 0 Å². The molecule has 3 amide bonds. The quantitative estimate of drug-likeness (QED) is 0.670. The van der Waals surface area contributed by atoms with Crippen molar-refractivity contribution in [2.75, 3.05) is 10.2 Å². The van der Waals surface area contributed by atoms with Crippen LogP contribution in [0.5, 0.6) is 0 Å². The third-order valence-electron chi connectivity index (χ3n) is 5.73. The molecule has 0 aliphatic carbocycles. The van der Waals surface area contributed by atoms with Crippen LogP contribution in [0.4, 0.5) is 11.4 Å². The Balaban J connectivity index is 1.64. The zero-order chi connectivity index (χ0) is 21.6. The lowest BCUT2D eigenvalue weighted by molar-refractivity contribution is -0.129. The van der Waals surface area contributed by atoms with Gasteiger partial charge in [-0.3, -0.25) is 24.2 Å². The molecule has 0 saturated carbocycles. The van der Waals surface area contributed by atoms with Crippen molar-refractivity contribution in [3.8, 4) is 0 Å². The number of furan rings is 1. The maximum Gasteiger partial charge on any atom is 0.271 e. The van der Waals surface area contributed by atoms with Gasteiger partial charge in [0.25, 0.3) is 11.8 Å². The summed E-state index contributed by atoms with van der Waals surface area (Å²) in [6, 6.07) is 17.0. The highest BCUT2D eigenvalue weighted by Crippen LogP contribution is 2.45. The van der Waals surface area contributed by atoms with Crippen LogP contribution in [0, 0.1) is 0 Å². The minimum Gasteiger partial charge on any atom is -0.467 e. The molecule has 0 bridgehead atoms. The molecule has 1 aromatic heterocycles. The van der Waals surface area contributed by atoms with Crippen molar-refractivity contribution in [2.24, 2.45) is 0 Å². The van der Waals surface area contributed by atoms with Crippen LogP contribution in [-0.4, -0.2) is 28.3 Å². The van der Waals surface area contributed by atoms with Crippen molar-refractivity contribution in [2.45, 2.75) is 25.0 Å². The van der Waals surface area contributed by atoms with Crippen LogP contribution in [0.25, 0.3) is 0 Å². The van der Waals surface area contributed by atoms with Gasteiger partial charge >= 0.3 is 0 Å². The number of amides is 3. The number of carbonyl (C=O) groups is 3. The third-order valence-corrected chi connectivity index (χ3v) is 5.99. The van der Waals surface area contributed by atoms with Gasteiger partial charge in [0.1, 0.15) is 5.76 Å². The molecule has 7 nitrogen and oxygen atoms in total. The van der Waals surface area contributed by atoms with Crippen LogP contribution >= 0.6 is 11.6 Å². The fourth-order valence-corrected chi connectivity index (χ4v) is 4.45. The number of nitrogens with zero attached hydrogens (tertiary/aromatic N) is 2. The Labute approximate surface area is 183 Å². The molecule has 5 rings (SSSR count). The second-order valence-corrected chi connectivity index (χ2v) is 7.93. The maximum absolute atomic E-state index is 13.7. The molecule has 1 saturated heterocycles. The van der Waals surface area contributed by atoms with Crippen molar-refractivity contribution in [1.29, 1.82) is 0 Å². The van der Waals surface area contributed by atoms with Crippen LogP contribution in [0.3, 0.4) is 0 Å². The molecule has 31 heavy (non-hydrogen) atoms. The van der Waals surface area contributed by atoms with E-state index in [1.807, 2.05) is 0 Å². The van der Waals surface area contributed by atoms with E-state index in [1.165, 1.54) is 16.1 Å². The standard InChI is InChI=1S/C23H18ClN3O4/c24-15-7-9-16(10-8-15)25-22(30)23-12-11-20(28)27(23)19-6-2-1-5-18(19)21(29)26(23)14-17-4-3-13-31-17/h1-10,13H,11-12,14H2,(H,25,30). The van der Waals surface area contributed by atoms with E-state index in [0.29, 0.717) is 27.7 Å². The number of carbonyl (C=O) groups excluding carboxylic acids is 3. The van der Waals surface area contributed by atoms with Gasteiger partial charge in [0, 0.05) is 23.6 Å². The summed E-state index contributed by atoms with van der Waals surface area (Å²) in [5.74, 6) is -0.486. The molecule has 0 spiro atoms. The molecular weight excluding hydrogens is 418 g/mol. The van der Waals surface area contributed by atoms with Crippen molar-refractivity contribution >= 4 is 40.7 Å². The second-order valence-electron chi connectivity index (χ2n) is 7.49. The SMILES string of the molecule is O=C1c2ccccc2N2C(=O)CCC2(C(=O)Nc2ccc(Cl)cc2)N1Cc1ccco1. The molecule has 3 heterocycles. The third kappa shape index (κ3) is 3.00. The predicted octanol–water partition coefficient (Wildman–Crippen LogP) is 4.05. The first-order valence-electron chi connectivity index (χ1n) is 9.84. The van der Waals surface area contributed by atoms with Crippen LogP contribution in [0.15, 0.2) is 71.3 Å².